The van der Waals surface area contributed by atoms with Gasteiger partial charge in [-0.2, -0.15) is 5.26 Å². The van der Waals surface area contributed by atoms with E-state index in [1.54, 1.807) is 0 Å². The van der Waals surface area contributed by atoms with Crippen molar-refractivity contribution < 1.29 is 0 Å². The van der Waals surface area contributed by atoms with Gasteiger partial charge in [0.25, 0.3) is 0 Å². The standard InChI is InChI=1S/C12H22N2/c1-11(2)4-8-14-9-5-12(3-7-13)6-10-14/h11-12H,3-6,8-10H2,1-2H3. The summed E-state index contributed by atoms with van der Waals surface area (Å²) in [6, 6.07) is 2.28. The minimum Gasteiger partial charge on any atom is -0.303 e. The SMILES string of the molecule is CC(C)CCN1CCC(CC#N)CC1. The van der Waals surface area contributed by atoms with Crippen LogP contribution in [0.25, 0.3) is 0 Å². The van der Waals surface area contributed by atoms with Gasteiger partial charge in [-0.1, -0.05) is 13.8 Å². The highest BCUT2D eigenvalue weighted by atomic mass is 15.1. The first-order chi connectivity index (χ1) is 6.72. The van der Waals surface area contributed by atoms with E-state index in [2.05, 4.69) is 24.8 Å². The third-order valence-electron chi connectivity index (χ3n) is 3.11. The van der Waals surface area contributed by atoms with E-state index in [9.17, 15) is 0 Å². The van der Waals surface area contributed by atoms with E-state index < -0.39 is 0 Å². The zero-order chi connectivity index (χ0) is 10.4. The lowest BCUT2D eigenvalue weighted by Crippen LogP contribution is -2.34. The molecule has 0 aromatic heterocycles. The second kappa shape index (κ2) is 6.03. The Morgan fingerprint density at radius 2 is 2.00 bits per heavy atom. The summed E-state index contributed by atoms with van der Waals surface area (Å²) < 4.78 is 0. The minimum absolute atomic E-state index is 0.676. The Morgan fingerprint density at radius 1 is 1.36 bits per heavy atom. The number of nitriles is 1. The molecule has 0 aromatic carbocycles. The molecule has 0 aromatic rings. The molecule has 0 spiro atoms. The van der Waals surface area contributed by atoms with Crippen LogP contribution in [0.2, 0.25) is 0 Å². The zero-order valence-corrected chi connectivity index (χ0v) is 9.50. The Bertz CT molecular complexity index is 185. The predicted octanol–water partition coefficient (Wildman–Crippen LogP) is 2.66. The van der Waals surface area contributed by atoms with Crippen LogP contribution in [0, 0.1) is 23.2 Å². The van der Waals surface area contributed by atoms with Gasteiger partial charge in [-0.25, -0.2) is 0 Å². The second-order valence-electron chi connectivity index (χ2n) is 4.83. The lowest BCUT2D eigenvalue weighted by atomic mass is 9.94. The summed E-state index contributed by atoms with van der Waals surface area (Å²) in [6.45, 7) is 8.22. The molecule has 2 heteroatoms. The number of likely N-dealkylation sites (tertiary alicyclic amines) is 1. The van der Waals surface area contributed by atoms with Crippen LogP contribution in [0.5, 0.6) is 0 Å². The molecule has 0 bridgehead atoms. The summed E-state index contributed by atoms with van der Waals surface area (Å²) >= 11 is 0. The van der Waals surface area contributed by atoms with Crippen molar-refractivity contribution in [2.75, 3.05) is 19.6 Å². The van der Waals surface area contributed by atoms with Crippen LogP contribution in [0.1, 0.15) is 39.5 Å². The van der Waals surface area contributed by atoms with Crippen LogP contribution >= 0.6 is 0 Å². The van der Waals surface area contributed by atoms with Gasteiger partial charge in [0, 0.05) is 6.42 Å². The fourth-order valence-electron chi connectivity index (χ4n) is 1.98. The van der Waals surface area contributed by atoms with Gasteiger partial charge in [0.05, 0.1) is 6.07 Å². The summed E-state index contributed by atoms with van der Waals surface area (Å²) in [7, 11) is 0. The smallest absolute Gasteiger partial charge is 0.0624 e. The summed E-state index contributed by atoms with van der Waals surface area (Å²) in [5, 5.41) is 8.60. The van der Waals surface area contributed by atoms with Gasteiger partial charge in [0.1, 0.15) is 0 Å². The van der Waals surface area contributed by atoms with Crippen LogP contribution in [0.4, 0.5) is 0 Å². The molecular weight excluding hydrogens is 172 g/mol. The fraction of sp³-hybridized carbons (Fsp3) is 0.917. The molecule has 1 heterocycles. The maximum atomic E-state index is 8.60. The van der Waals surface area contributed by atoms with Gasteiger partial charge in [-0.15, -0.1) is 0 Å². The highest BCUT2D eigenvalue weighted by Crippen LogP contribution is 2.20. The van der Waals surface area contributed by atoms with E-state index in [4.69, 9.17) is 5.26 Å². The summed E-state index contributed by atoms with van der Waals surface area (Å²) in [6.07, 6.45) is 4.53. The topological polar surface area (TPSA) is 27.0 Å². The van der Waals surface area contributed by atoms with Crippen molar-refractivity contribution in [1.82, 2.24) is 4.90 Å². The largest absolute Gasteiger partial charge is 0.303 e. The highest BCUT2D eigenvalue weighted by molar-refractivity contribution is 4.80. The average Bonchev–Trinajstić information content (AvgIpc) is 2.17. The first-order valence-electron chi connectivity index (χ1n) is 5.81. The first-order valence-corrected chi connectivity index (χ1v) is 5.81. The van der Waals surface area contributed by atoms with E-state index >= 15 is 0 Å². The molecule has 0 N–H and O–H groups in total. The number of hydrogen-bond acceptors (Lipinski definition) is 2. The Labute approximate surface area is 87.9 Å². The van der Waals surface area contributed by atoms with E-state index in [0.717, 1.165) is 12.3 Å². The van der Waals surface area contributed by atoms with E-state index in [0.29, 0.717) is 5.92 Å². The van der Waals surface area contributed by atoms with Crippen LogP contribution in [-0.2, 0) is 0 Å². The molecule has 0 aliphatic carbocycles. The summed E-state index contributed by atoms with van der Waals surface area (Å²) in [4.78, 5) is 2.55. The third-order valence-corrected chi connectivity index (χ3v) is 3.11. The molecule has 80 valence electrons. The quantitative estimate of drug-likeness (QED) is 0.688. The maximum Gasteiger partial charge on any atom is 0.0624 e. The zero-order valence-electron chi connectivity index (χ0n) is 9.50. The number of nitrogens with zero attached hydrogens (tertiary/aromatic N) is 2. The lowest BCUT2D eigenvalue weighted by Gasteiger charge is -2.31. The lowest BCUT2D eigenvalue weighted by molar-refractivity contribution is 0.178. The van der Waals surface area contributed by atoms with E-state index in [1.807, 2.05) is 0 Å². The van der Waals surface area contributed by atoms with Crippen molar-refractivity contribution in [3.8, 4) is 6.07 Å². The molecule has 1 saturated heterocycles. The molecule has 2 nitrogen and oxygen atoms in total. The minimum atomic E-state index is 0.676. The van der Waals surface area contributed by atoms with Crippen LogP contribution < -0.4 is 0 Å². The molecule has 0 radical (unpaired) electrons. The Kier molecular flexibility index (Phi) is 4.97. The summed E-state index contributed by atoms with van der Waals surface area (Å²) in [5.74, 6) is 1.49. The molecule has 1 fully saturated rings. The molecule has 1 aliphatic rings. The molecule has 0 atom stereocenters. The Morgan fingerprint density at radius 3 is 2.50 bits per heavy atom. The van der Waals surface area contributed by atoms with Crippen LogP contribution in [-0.4, -0.2) is 24.5 Å². The maximum absolute atomic E-state index is 8.60. The van der Waals surface area contributed by atoms with Gasteiger partial charge in [-0.05, 0) is 50.7 Å². The van der Waals surface area contributed by atoms with Crippen molar-refractivity contribution in [2.45, 2.75) is 39.5 Å². The van der Waals surface area contributed by atoms with Crippen molar-refractivity contribution in [3.63, 3.8) is 0 Å². The normalized spacial score (nSPS) is 19.9. The fourth-order valence-corrected chi connectivity index (χ4v) is 1.98. The van der Waals surface area contributed by atoms with Crippen molar-refractivity contribution >= 4 is 0 Å². The molecular formula is C12H22N2. The van der Waals surface area contributed by atoms with Gasteiger partial charge < -0.3 is 4.90 Å². The van der Waals surface area contributed by atoms with Gasteiger partial charge in [0.2, 0.25) is 0 Å². The van der Waals surface area contributed by atoms with E-state index in [1.165, 1.54) is 38.9 Å². The highest BCUT2D eigenvalue weighted by Gasteiger charge is 2.18. The van der Waals surface area contributed by atoms with Crippen molar-refractivity contribution in [2.24, 2.45) is 11.8 Å². The van der Waals surface area contributed by atoms with Gasteiger partial charge >= 0.3 is 0 Å². The van der Waals surface area contributed by atoms with Crippen molar-refractivity contribution in [3.05, 3.63) is 0 Å². The number of piperidine rings is 1. The van der Waals surface area contributed by atoms with E-state index in [-0.39, 0.29) is 0 Å². The molecule has 1 aliphatic heterocycles. The summed E-state index contributed by atoms with van der Waals surface area (Å²) in [5.41, 5.74) is 0. The first kappa shape index (κ1) is 11.5. The second-order valence-corrected chi connectivity index (χ2v) is 4.83. The number of rotatable bonds is 4. The monoisotopic (exact) mass is 194 g/mol. The van der Waals surface area contributed by atoms with Crippen LogP contribution in [0.15, 0.2) is 0 Å². The molecule has 0 amide bonds. The van der Waals surface area contributed by atoms with Crippen LogP contribution in [0.3, 0.4) is 0 Å². The Hall–Kier alpha value is -0.550. The molecule has 14 heavy (non-hydrogen) atoms. The Balaban J connectivity index is 2.13. The van der Waals surface area contributed by atoms with Gasteiger partial charge in [-0.3, -0.25) is 0 Å². The average molecular weight is 194 g/mol. The molecule has 0 saturated carbocycles. The molecule has 1 rings (SSSR count). The third kappa shape index (κ3) is 4.11. The number of hydrogen-bond donors (Lipinski definition) is 0. The predicted molar refractivity (Wildman–Crippen MR) is 58.8 cm³/mol. The van der Waals surface area contributed by atoms with Gasteiger partial charge in [0.15, 0.2) is 0 Å². The van der Waals surface area contributed by atoms with Crippen molar-refractivity contribution in [1.29, 1.82) is 5.26 Å². The molecule has 0 unspecified atom stereocenters.